The molecule has 102 valence electrons. The summed E-state index contributed by atoms with van der Waals surface area (Å²) in [5, 5.41) is 5.24. The largest absolute Gasteiger partial charge is 0.373 e. The molecule has 1 unspecified atom stereocenters. The molecular formula is C14H20N4S. The van der Waals surface area contributed by atoms with Crippen molar-refractivity contribution in [2.24, 2.45) is 0 Å². The molecule has 0 radical (unpaired) electrons. The first-order chi connectivity index (χ1) is 9.04. The van der Waals surface area contributed by atoms with Crippen LogP contribution >= 0.6 is 11.3 Å². The third kappa shape index (κ3) is 2.71. The van der Waals surface area contributed by atoms with E-state index in [1.54, 1.807) is 11.3 Å². The lowest BCUT2D eigenvalue weighted by Crippen LogP contribution is -2.24. The molecule has 2 aromatic rings. The maximum Gasteiger partial charge on any atom is 0.137 e. The summed E-state index contributed by atoms with van der Waals surface area (Å²) in [5.41, 5.74) is 1.08. The third-order valence-electron chi connectivity index (χ3n) is 3.34. The van der Waals surface area contributed by atoms with Gasteiger partial charge in [-0.2, -0.15) is 0 Å². The number of hydrogen-bond donors (Lipinski definition) is 1. The number of nitrogens with one attached hydrogen (secondary N) is 1. The van der Waals surface area contributed by atoms with Crippen molar-refractivity contribution >= 4 is 23.0 Å². The Morgan fingerprint density at radius 3 is 2.63 bits per heavy atom. The van der Waals surface area contributed by atoms with E-state index in [0.29, 0.717) is 6.04 Å². The van der Waals surface area contributed by atoms with E-state index in [-0.39, 0.29) is 0 Å². The maximum absolute atomic E-state index is 4.59. The van der Waals surface area contributed by atoms with Gasteiger partial charge in [-0.15, -0.1) is 11.3 Å². The molecule has 1 atom stereocenters. The van der Waals surface area contributed by atoms with E-state index >= 15 is 0 Å². The van der Waals surface area contributed by atoms with Crippen molar-refractivity contribution in [2.45, 2.75) is 26.8 Å². The molecule has 0 saturated heterocycles. The Bertz CT molecular complexity index is 551. The summed E-state index contributed by atoms with van der Waals surface area (Å²) < 4.78 is 0. The molecule has 0 bridgehead atoms. The Hall–Kier alpha value is -1.62. The van der Waals surface area contributed by atoms with Crippen LogP contribution in [-0.4, -0.2) is 24.1 Å². The highest BCUT2D eigenvalue weighted by Gasteiger charge is 2.18. The predicted octanol–water partition coefficient (Wildman–Crippen LogP) is 3.39. The summed E-state index contributed by atoms with van der Waals surface area (Å²) >= 11 is 1.77. The van der Waals surface area contributed by atoms with Crippen LogP contribution < -0.4 is 10.2 Å². The fourth-order valence-corrected chi connectivity index (χ4v) is 2.93. The predicted molar refractivity (Wildman–Crippen MR) is 82.2 cm³/mol. The Labute approximate surface area is 118 Å². The average molecular weight is 276 g/mol. The molecule has 0 spiro atoms. The first-order valence-corrected chi connectivity index (χ1v) is 7.21. The number of aryl methyl sites for hydroxylation is 1. The number of anilines is 2. The van der Waals surface area contributed by atoms with Crippen LogP contribution in [0.5, 0.6) is 0 Å². The van der Waals surface area contributed by atoms with Crippen molar-refractivity contribution in [3.8, 4) is 0 Å². The Morgan fingerprint density at radius 2 is 2.05 bits per heavy atom. The summed E-state index contributed by atoms with van der Waals surface area (Å²) in [6.07, 6.45) is 0. The lowest BCUT2D eigenvalue weighted by atomic mass is 10.2. The van der Waals surface area contributed by atoms with E-state index in [9.17, 15) is 0 Å². The molecule has 0 amide bonds. The number of nitrogens with zero attached hydrogens (tertiary/aromatic N) is 3. The summed E-state index contributed by atoms with van der Waals surface area (Å²) in [6, 6.07) is 4.55. The van der Waals surface area contributed by atoms with Crippen molar-refractivity contribution in [1.82, 2.24) is 9.97 Å². The van der Waals surface area contributed by atoms with Gasteiger partial charge in [-0.3, -0.25) is 0 Å². The molecule has 2 aromatic heterocycles. The number of hydrogen-bond acceptors (Lipinski definition) is 5. The molecule has 0 aliphatic heterocycles. The van der Waals surface area contributed by atoms with E-state index in [1.807, 2.05) is 14.0 Å². The molecule has 19 heavy (non-hydrogen) atoms. The van der Waals surface area contributed by atoms with E-state index in [2.05, 4.69) is 58.6 Å². The molecule has 0 aliphatic carbocycles. The summed E-state index contributed by atoms with van der Waals surface area (Å²) in [6.45, 7) is 6.17. The van der Waals surface area contributed by atoms with Crippen LogP contribution in [0.2, 0.25) is 0 Å². The van der Waals surface area contributed by atoms with Gasteiger partial charge in [-0.05, 0) is 32.2 Å². The van der Waals surface area contributed by atoms with Gasteiger partial charge in [0.2, 0.25) is 0 Å². The number of aromatic nitrogens is 2. The minimum atomic E-state index is 0.303. The molecule has 0 aliphatic rings. The highest BCUT2D eigenvalue weighted by molar-refractivity contribution is 7.10. The number of thiophene rings is 1. The SMILES string of the molecule is CNc1nc(C)nc(N(C)C(C)c2cccs2)c1C. The van der Waals surface area contributed by atoms with Gasteiger partial charge in [-0.1, -0.05) is 6.07 Å². The fourth-order valence-electron chi connectivity index (χ4n) is 2.10. The van der Waals surface area contributed by atoms with Crippen molar-refractivity contribution < 1.29 is 0 Å². The van der Waals surface area contributed by atoms with E-state index in [1.165, 1.54) is 4.88 Å². The third-order valence-corrected chi connectivity index (χ3v) is 4.38. The second kappa shape index (κ2) is 5.57. The van der Waals surface area contributed by atoms with Crippen molar-refractivity contribution in [2.75, 3.05) is 24.3 Å². The summed E-state index contributed by atoms with van der Waals surface area (Å²) in [4.78, 5) is 12.5. The summed E-state index contributed by atoms with van der Waals surface area (Å²) in [7, 11) is 3.97. The zero-order valence-corrected chi connectivity index (χ0v) is 12.9. The van der Waals surface area contributed by atoms with Gasteiger partial charge in [0, 0.05) is 24.5 Å². The second-order valence-corrected chi connectivity index (χ2v) is 5.60. The van der Waals surface area contributed by atoms with Crippen LogP contribution in [0.3, 0.4) is 0 Å². The minimum absolute atomic E-state index is 0.303. The molecule has 5 heteroatoms. The monoisotopic (exact) mass is 276 g/mol. The molecule has 0 saturated carbocycles. The van der Waals surface area contributed by atoms with E-state index in [4.69, 9.17) is 0 Å². The van der Waals surface area contributed by atoms with Crippen molar-refractivity contribution in [3.63, 3.8) is 0 Å². The molecule has 0 aromatic carbocycles. The number of rotatable bonds is 4. The van der Waals surface area contributed by atoms with Gasteiger partial charge in [0.1, 0.15) is 17.5 Å². The van der Waals surface area contributed by atoms with Gasteiger partial charge in [0.15, 0.2) is 0 Å². The zero-order chi connectivity index (χ0) is 14.0. The Morgan fingerprint density at radius 1 is 1.32 bits per heavy atom. The lowest BCUT2D eigenvalue weighted by molar-refractivity contribution is 0.734. The van der Waals surface area contributed by atoms with Crippen LogP contribution in [0, 0.1) is 13.8 Å². The first-order valence-electron chi connectivity index (χ1n) is 6.33. The van der Waals surface area contributed by atoms with Crippen LogP contribution in [0.15, 0.2) is 17.5 Å². The normalized spacial score (nSPS) is 12.3. The van der Waals surface area contributed by atoms with Gasteiger partial charge in [0.05, 0.1) is 6.04 Å². The van der Waals surface area contributed by atoms with E-state index in [0.717, 1.165) is 23.0 Å². The molecule has 4 nitrogen and oxygen atoms in total. The Balaban J connectivity index is 2.38. The fraction of sp³-hybridized carbons (Fsp3) is 0.429. The van der Waals surface area contributed by atoms with Crippen LogP contribution in [0.1, 0.15) is 29.2 Å². The minimum Gasteiger partial charge on any atom is -0.373 e. The second-order valence-electron chi connectivity index (χ2n) is 4.62. The molecule has 2 rings (SSSR count). The Kier molecular flexibility index (Phi) is 4.04. The molecule has 0 fully saturated rings. The average Bonchev–Trinajstić information content (AvgIpc) is 2.93. The quantitative estimate of drug-likeness (QED) is 0.929. The summed E-state index contributed by atoms with van der Waals surface area (Å²) in [5.74, 6) is 2.67. The van der Waals surface area contributed by atoms with Gasteiger partial charge < -0.3 is 10.2 Å². The smallest absolute Gasteiger partial charge is 0.137 e. The molecule has 2 heterocycles. The first kappa shape index (κ1) is 13.8. The molecular weight excluding hydrogens is 256 g/mol. The lowest BCUT2D eigenvalue weighted by Gasteiger charge is -2.27. The van der Waals surface area contributed by atoms with Crippen molar-refractivity contribution in [3.05, 3.63) is 33.8 Å². The van der Waals surface area contributed by atoms with Gasteiger partial charge >= 0.3 is 0 Å². The highest BCUT2D eigenvalue weighted by Crippen LogP contribution is 2.30. The van der Waals surface area contributed by atoms with Gasteiger partial charge in [-0.25, -0.2) is 9.97 Å². The standard InChI is InChI=1S/C14H20N4S/c1-9-13(15-4)16-11(3)17-14(9)18(5)10(2)12-7-6-8-19-12/h6-8,10H,1-5H3,(H,15,16,17). The highest BCUT2D eigenvalue weighted by atomic mass is 32.1. The van der Waals surface area contributed by atoms with Gasteiger partial charge in [0.25, 0.3) is 0 Å². The topological polar surface area (TPSA) is 41.1 Å². The van der Waals surface area contributed by atoms with E-state index < -0.39 is 0 Å². The maximum atomic E-state index is 4.59. The zero-order valence-electron chi connectivity index (χ0n) is 12.1. The van der Waals surface area contributed by atoms with Crippen LogP contribution in [0.4, 0.5) is 11.6 Å². The molecule has 1 N–H and O–H groups in total. The van der Waals surface area contributed by atoms with Crippen molar-refractivity contribution in [1.29, 1.82) is 0 Å². The van der Waals surface area contributed by atoms with Crippen LogP contribution in [-0.2, 0) is 0 Å². The van der Waals surface area contributed by atoms with Crippen LogP contribution in [0.25, 0.3) is 0 Å².